The number of benzene rings is 3. The Balaban J connectivity index is 1.46. The van der Waals surface area contributed by atoms with Crippen molar-refractivity contribution in [2.75, 3.05) is 18.4 Å². The Morgan fingerprint density at radius 3 is 2.42 bits per heavy atom. The highest BCUT2D eigenvalue weighted by atomic mass is 19.1. The first-order chi connectivity index (χ1) is 19.4. The van der Waals surface area contributed by atoms with Crippen LogP contribution < -0.4 is 10.6 Å². The molecule has 0 aliphatic carbocycles. The van der Waals surface area contributed by atoms with Gasteiger partial charge in [-0.1, -0.05) is 67.8 Å². The largest absolute Gasteiger partial charge is 0.364 e. The number of hydrogen-bond donors (Lipinski definition) is 3. The second-order valence-corrected chi connectivity index (χ2v) is 10.3. The summed E-state index contributed by atoms with van der Waals surface area (Å²) in [5.74, 6) is 0.758. The molecule has 0 bridgehead atoms. The number of hydrogen-bond acceptors (Lipinski definition) is 5. The van der Waals surface area contributed by atoms with E-state index in [0.717, 1.165) is 41.9 Å². The number of aromatic nitrogens is 2. The maximum absolute atomic E-state index is 13.9. The van der Waals surface area contributed by atoms with E-state index in [0.29, 0.717) is 36.7 Å². The highest BCUT2D eigenvalue weighted by Crippen LogP contribution is 2.34. The summed E-state index contributed by atoms with van der Waals surface area (Å²) in [4.78, 5) is 20.5. The molecule has 4 aromatic rings. The molecule has 3 aromatic carbocycles. The minimum atomic E-state index is -1.84. The summed E-state index contributed by atoms with van der Waals surface area (Å²) in [7, 11) is 0. The second-order valence-electron chi connectivity index (χ2n) is 10.3. The summed E-state index contributed by atoms with van der Waals surface area (Å²) in [5, 5.41) is 18.4. The van der Waals surface area contributed by atoms with Gasteiger partial charge in [-0.15, -0.1) is 0 Å². The first kappa shape index (κ1) is 27.6. The predicted molar refractivity (Wildman–Crippen MR) is 155 cm³/mol. The number of imidazole rings is 1. The molecule has 8 heteroatoms. The molecule has 5 rings (SSSR count). The van der Waals surface area contributed by atoms with Crippen LogP contribution in [0, 0.1) is 12.7 Å². The lowest BCUT2D eigenvalue weighted by molar-refractivity contribution is -0.158. The van der Waals surface area contributed by atoms with Gasteiger partial charge in [0.25, 0.3) is 5.91 Å². The topological polar surface area (TPSA) is 82.4 Å². The predicted octanol–water partition coefficient (Wildman–Crippen LogP) is 5.71. The molecule has 0 saturated heterocycles. The molecule has 0 unspecified atom stereocenters. The summed E-state index contributed by atoms with van der Waals surface area (Å²) < 4.78 is 15.8. The van der Waals surface area contributed by atoms with Gasteiger partial charge in [-0.2, -0.15) is 0 Å². The van der Waals surface area contributed by atoms with Gasteiger partial charge < -0.3 is 19.9 Å². The summed E-state index contributed by atoms with van der Waals surface area (Å²) in [6, 6.07) is 23.4. The number of rotatable bonds is 10. The first-order valence-corrected chi connectivity index (χ1v) is 13.9. The maximum atomic E-state index is 13.9. The molecule has 1 aliphatic rings. The van der Waals surface area contributed by atoms with E-state index in [1.807, 2.05) is 49.4 Å². The van der Waals surface area contributed by atoms with E-state index in [2.05, 4.69) is 22.1 Å². The van der Waals surface area contributed by atoms with Crippen molar-refractivity contribution in [1.29, 1.82) is 0 Å². The second kappa shape index (κ2) is 12.0. The summed E-state index contributed by atoms with van der Waals surface area (Å²) in [5.41, 5.74) is 2.19. The van der Waals surface area contributed by atoms with Crippen LogP contribution in [0.1, 0.15) is 43.1 Å². The van der Waals surface area contributed by atoms with Crippen molar-refractivity contribution in [2.24, 2.45) is 0 Å². The zero-order chi connectivity index (χ0) is 28.1. The van der Waals surface area contributed by atoms with Gasteiger partial charge in [0.1, 0.15) is 23.2 Å². The molecule has 1 aromatic heterocycles. The van der Waals surface area contributed by atoms with Crippen molar-refractivity contribution in [3.8, 4) is 11.3 Å². The van der Waals surface area contributed by atoms with Crippen molar-refractivity contribution >= 4 is 17.4 Å². The fourth-order valence-electron chi connectivity index (χ4n) is 5.07. The Kier molecular flexibility index (Phi) is 8.28. The molecule has 0 saturated carbocycles. The van der Waals surface area contributed by atoms with Gasteiger partial charge in [0.15, 0.2) is 0 Å². The van der Waals surface area contributed by atoms with Gasteiger partial charge in [-0.25, -0.2) is 9.37 Å². The van der Waals surface area contributed by atoms with Crippen LogP contribution in [0.4, 0.5) is 15.9 Å². The molecular weight excluding hydrogens is 505 g/mol. The number of carbonyl (C=O) groups excluding carboxylic acids is 1. The van der Waals surface area contributed by atoms with E-state index in [-0.39, 0.29) is 12.4 Å². The van der Waals surface area contributed by atoms with Gasteiger partial charge in [-0.05, 0) is 56.3 Å². The lowest BCUT2D eigenvalue weighted by Crippen LogP contribution is -2.57. The average Bonchev–Trinajstić information content (AvgIpc) is 3.34. The van der Waals surface area contributed by atoms with Gasteiger partial charge in [-0.3, -0.25) is 10.1 Å². The average molecular weight is 542 g/mol. The fourth-order valence-corrected chi connectivity index (χ4v) is 5.07. The van der Waals surface area contributed by atoms with Crippen LogP contribution >= 0.6 is 0 Å². The Morgan fingerprint density at radius 2 is 1.73 bits per heavy atom. The Bertz CT molecular complexity index is 1440. The minimum Gasteiger partial charge on any atom is -0.364 e. The van der Waals surface area contributed by atoms with Crippen LogP contribution in [0.15, 0.2) is 78.9 Å². The summed E-state index contributed by atoms with van der Waals surface area (Å²) >= 11 is 0. The third-order valence-corrected chi connectivity index (χ3v) is 7.35. The Morgan fingerprint density at radius 1 is 1.00 bits per heavy atom. The quantitative estimate of drug-likeness (QED) is 0.177. The van der Waals surface area contributed by atoms with Gasteiger partial charge in [0.2, 0.25) is 5.72 Å². The number of nitrogens with zero attached hydrogens (tertiary/aromatic N) is 3. The molecule has 0 radical (unpaired) electrons. The number of carbonyl (C=O) groups is 1. The summed E-state index contributed by atoms with van der Waals surface area (Å²) in [6.07, 6.45) is 2.91. The zero-order valence-corrected chi connectivity index (χ0v) is 23.0. The van der Waals surface area contributed by atoms with E-state index in [9.17, 15) is 14.3 Å². The SMILES string of the molecule is CCCCCN[C@@](O)(C(=O)N1CCn2c(nc(-c3ccc(F)cc3)c2Nc2ccc(C)cc2)C1)c1ccccc1. The Labute approximate surface area is 234 Å². The van der Waals surface area contributed by atoms with Crippen LogP contribution in [0.2, 0.25) is 0 Å². The highest BCUT2D eigenvalue weighted by Gasteiger charge is 2.42. The third kappa shape index (κ3) is 5.78. The normalized spacial score (nSPS) is 14.4. The number of unbranched alkanes of at least 4 members (excludes halogenated alkanes) is 2. The monoisotopic (exact) mass is 541 g/mol. The van der Waals surface area contributed by atoms with Gasteiger partial charge in [0.05, 0.1) is 6.54 Å². The standard InChI is InChI=1S/C32H36FN5O2/c1-3-4-8-19-34-32(40,25-9-6-5-7-10-25)31(39)37-20-21-38-28(22-37)36-29(24-13-15-26(33)16-14-24)30(38)35-27-17-11-23(2)12-18-27/h5-7,9-18,34-35,40H,3-4,8,19-22H2,1-2H3/t32-/m0/s1. The first-order valence-electron chi connectivity index (χ1n) is 13.9. The molecule has 0 fully saturated rings. The lowest BCUT2D eigenvalue weighted by Gasteiger charge is -2.36. The minimum absolute atomic E-state index is 0.231. The molecule has 3 N–H and O–H groups in total. The molecule has 2 heterocycles. The van der Waals surface area contributed by atoms with Crippen LogP contribution in [0.5, 0.6) is 0 Å². The number of halogens is 1. The van der Waals surface area contributed by atoms with Crippen molar-refractivity contribution in [2.45, 2.75) is 51.9 Å². The molecule has 1 aliphatic heterocycles. The number of aliphatic hydroxyl groups is 1. The zero-order valence-electron chi connectivity index (χ0n) is 23.0. The van der Waals surface area contributed by atoms with E-state index in [1.165, 1.54) is 12.1 Å². The summed E-state index contributed by atoms with van der Waals surface area (Å²) in [6.45, 7) is 5.80. The highest BCUT2D eigenvalue weighted by molar-refractivity contribution is 5.86. The van der Waals surface area contributed by atoms with Crippen LogP contribution in [0.3, 0.4) is 0 Å². The van der Waals surface area contributed by atoms with Crippen LogP contribution in [-0.4, -0.2) is 38.6 Å². The molecule has 208 valence electrons. The lowest BCUT2D eigenvalue weighted by atomic mass is 10.00. The van der Waals surface area contributed by atoms with Crippen LogP contribution in [0.25, 0.3) is 11.3 Å². The van der Waals surface area contributed by atoms with Crippen LogP contribution in [-0.2, 0) is 23.6 Å². The van der Waals surface area contributed by atoms with Crippen molar-refractivity contribution in [3.63, 3.8) is 0 Å². The number of fused-ring (bicyclic) bond motifs is 1. The number of nitrogens with one attached hydrogen (secondary N) is 2. The Hall–Kier alpha value is -4.01. The van der Waals surface area contributed by atoms with E-state index in [4.69, 9.17) is 4.98 Å². The van der Waals surface area contributed by atoms with Gasteiger partial charge >= 0.3 is 0 Å². The van der Waals surface area contributed by atoms with Crippen molar-refractivity contribution in [1.82, 2.24) is 19.8 Å². The van der Waals surface area contributed by atoms with E-state index in [1.54, 1.807) is 29.2 Å². The molecular formula is C32H36FN5O2. The smallest absolute Gasteiger partial charge is 0.275 e. The van der Waals surface area contributed by atoms with Crippen molar-refractivity contribution < 1.29 is 14.3 Å². The van der Waals surface area contributed by atoms with Crippen molar-refractivity contribution in [3.05, 3.63) is 102 Å². The number of anilines is 2. The molecule has 40 heavy (non-hydrogen) atoms. The van der Waals surface area contributed by atoms with E-state index >= 15 is 0 Å². The maximum Gasteiger partial charge on any atom is 0.275 e. The fraction of sp³-hybridized carbons (Fsp3) is 0.312. The van der Waals surface area contributed by atoms with E-state index < -0.39 is 11.6 Å². The molecule has 1 atom stereocenters. The molecule has 7 nitrogen and oxygen atoms in total. The number of aryl methyl sites for hydroxylation is 1. The van der Waals surface area contributed by atoms with Gasteiger partial charge in [0, 0.05) is 29.9 Å². The third-order valence-electron chi connectivity index (χ3n) is 7.35. The molecule has 0 spiro atoms. The molecule has 1 amide bonds. The number of amides is 1.